The summed E-state index contributed by atoms with van der Waals surface area (Å²) in [7, 11) is 0. The smallest absolute Gasteiger partial charge is 0.0613 e. The third-order valence-electron chi connectivity index (χ3n) is 2.74. The van der Waals surface area contributed by atoms with E-state index in [-0.39, 0.29) is 12.1 Å². The standard InChI is InChI=1S/C11H23NO2/c1-10(2)3-7-14-8-6-12-11(9-13)4-5-11/h10,12-13H,3-9H2,1-2H3. The number of aliphatic hydroxyl groups excluding tert-OH is 1. The number of aliphatic hydroxyl groups is 1. The van der Waals surface area contributed by atoms with Crippen LogP contribution in [0.1, 0.15) is 33.1 Å². The van der Waals surface area contributed by atoms with Gasteiger partial charge in [0.2, 0.25) is 0 Å². The second-order valence-corrected chi connectivity index (χ2v) is 4.66. The minimum absolute atomic E-state index is 0.0570. The van der Waals surface area contributed by atoms with Crippen LogP contribution < -0.4 is 5.32 Å². The number of hydrogen-bond acceptors (Lipinski definition) is 3. The van der Waals surface area contributed by atoms with Crippen LogP contribution in [0.4, 0.5) is 0 Å². The van der Waals surface area contributed by atoms with Crippen molar-refractivity contribution in [1.82, 2.24) is 5.32 Å². The van der Waals surface area contributed by atoms with Crippen LogP contribution in [0.5, 0.6) is 0 Å². The van der Waals surface area contributed by atoms with Crippen LogP contribution in [0.3, 0.4) is 0 Å². The van der Waals surface area contributed by atoms with Gasteiger partial charge in [-0.05, 0) is 25.2 Å². The molecule has 0 bridgehead atoms. The molecule has 0 atom stereocenters. The van der Waals surface area contributed by atoms with Crippen molar-refractivity contribution in [2.45, 2.75) is 38.6 Å². The number of ether oxygens (including phenoxy) is 1. The van der Waals surface area contributed by atoms with Crippen molar-refractivity contribution < 1.29 is 9.84 Å². The Morgan fingerprint density at radius 3 is 2.57 bits per heavy atom. The highest BCUT2D eigenvalue weighted by Crippen LogP contribution is 2.34. The molecule has 0 aromatic rings. The largest absolute Gasteiger partial charge is 0.394 e. The van der Waals surface area contributed by atoms with Crippen LogP contribution in [0.15, 0.2) is 0 Å². The fraction of sp³-hybridized carbons (Fsp3) is 1.00. The highest BCUT2D eigenvalue weighted by Gasteiger charge is 2.41. The molecule has 0 aromatic carbocycles. The van der Waals surface area contributed by atoms with Gasteiger partial charge in [0, 0.05) is 18.7 Å². The second kappa shape index (κ2) is 5.69. The molecule has 3 heteroatoms. The van der Waals surface area contributed by atoms with Gasteiger partial charge in [-0.3, -0.25) is 0 Å². The lowest BCUT2D eigenvalue weighted by Gasteiger charge is -2.14. The average Bonchev–Trinajstić information content (AvgIpc) is 2.91. The molecular formula is C11H23NO2. The summed E-state index contributed by atoms with van der Waals surface area (Å²) in [6.07, 6.45) is 3.34. The monoisotopic (exact) mass is 201 g/mol. The quantitative estimate of drug-likeness (QED) is 0.579. The molecule has 1 aliphatic carbocycles. The van der Waals surface area contributed by atoms with Gasteiger partial charge in [-0.1, -0.05) is 13.8 Å². The van der Waals surface area contributed by atoms with Crippen LogP contribution in [-0.4, -0.2) is 37.0 Å². The van der Waals surface area contributed by atoms with Gasteiger partial charge in [0.1, 0.15) is 0 Å². The van der Waals surface area contributed by atoms with E-state index < -0.39 is 0 Å². The first-order valence-corrected chi connectivity index (χ1v) is 5.62. The van der Waals surface area contributed by atoms with Crippen molar-refractivity contribution in [3.63, 3.8) is 0 Å². The fourth-order valence-electron chi connectivity index (χ4n) is 1.35. The van der Waals surface area contributed by atoms with E-state index in [1.54, 1.807) is 0 Å². The zero-order chi connectivity index (χ0) is 10.4. The number of hydrogen-bond donors (Lipinski definition) is 2. The van der Waals surface area contributed by atoms with Gasteiger partial charge in [0.05, 0.1) is 13.2 Å². The molecule has 0 spiro atoms. The Balaban J connectivity index is 1.85. The summed E-state index contributed by atoms with van der Waals surface area (Å²) < 4.78 is 5.47. The van der Waals surface area contributed by atoms with Crippen molar-refractivity contribution in [2.75, 3.05) is 26.4 Å². The van der Waals surface area contributed by atoms with Gasteiger partial charge in [-0.2, -0.15) is 0 Å². The van der Waals surface area contributed by atoms with Crippen molar-refractivity contribution in [3.05, 3.63) is 0 Å². The molecule has 1 aliphatic rings. The molecule has 1 fully saturated rings. The van der Waals surface area contributed by atoms with Crippen molar-refractivity contribution in [3.8, 4) is 0 Å². The van der Waals surface area contributed by atoms with Crippen LogP contribution in [0.25, 0.3) is 0 Å². The number of nitrogens with one attached hydrogen (secondary N) is 1. The summed E-state index contributed by atoms with van der Waals surface area (Å²) >= 11 is 0. The molecule has 0 heterocycles. The maximum absolute atomic E-state index is 9.03. The number of rotatable bonds is 8. The topological polar surface area (TPSA) is 41.5 Å². The van der Waals surface area contributed by atoms with E-state index in [0.29, 0.717) is 0 Å². The van der Waals surface area contributed by atoms with Gasteiger partial charge in [0.15, 0.2) is 0 Å². The Morgan fingerprint density at radius 1 is 1.36 bits per heavy atom. The normalized spacial score (nSPS) is 18.9. The Bertz CT molecular complexity index is 155. The van der Waals surface area contributed by atoms with Gasteiger partial charge in [-0.15, -0.1) is 0 Å². The van der Waals surface area contributed by atoms with Gasteiger partial charge in [-0.25, -0.2) is 0 Å². The first kappa shape index (κ1) is 12.0. The Kier molecular flexibility index (Phi) is 4.85. The Labute approximate surface area is 86.8 Å². The Morgan fingerprint density at radius 2 is 2.07 bits per heavy atom. The summed E-state index contributed by atoms with van der Waals surface area (Å²) in [4.78, 5) is 0. The van der Waals surface area contributed by atoms with Gasteiger partial charge < -0.3 is 15.2 Å². The van der Waals surface area contributed by atoms with Crippen LogP contribution >= 0.6 is 0 Å². The van der Waals surface area contributed by atoms with E-state index in [4.69, 9.17) is 9.84 Å². The zero-order valence-corrected chi connectivity index (χ0v) is 9.38. The third-order valence-corrected chi connectivity index (χ3v) is 2.74. The summed E-state index contributed by atoms with van der Waals surface area (Å²) in [5, 5.41) is 12.4. The summed E-state index contributed by atoms with van der Waals surface area (Å²) in [6, 6.07) is 0. The molecule has 0 saturated heterocycles. The minimum Gasteiger partial charge on any atom is -0.394 e. The molecular weight excluding hydrogens is 178 g/mol. The molecule has 14 heavy (non-hydrogen) atoms. The molecule has 0 aromatic heterocycles. The van der Waals surface area contributed by atoms with E-state index in [2.05, 4.69) is 19.2 Å². The molecule has 0 aliphatic heterocycles. The average molecular weight is 201 g/mol. The van der Waals surface area contributed by atoms with E-state index in [9.17, 15) is 0 Å². The second-order valence-electron chi connectivity index (χ2n) is 4.66. The summed E-state index contributed by atoms with van der Waals surface area (Å²) in [6.45, 7) is 7.14. The molecule has 84 valence electrons. The SMILES string of the molecule is CC(C)CCOCCNC1(CO)CC1. The molecule has 2 N–H and O–H groups in total. The van der Waals surface area contributed by atoms with Crippen LogP contribution in [-0.2, 0) is 4.74 Å². The first-order chi connectivity index (χ1) is 6.68. The zero-order valence-electron chi connectivity index (χ0n) is 9.38. The first-order valence-electron chi connectivity index (χ1n) is 5.62. The predicted octanol–water partition coefficient (Wildman–Crippen LogP) is 1.16. The lowest BCUT2D eigenvalue weighted by molar-refractivity contribution is 0.118. The maximum atomic E-state index is 9.03. The predicted molar refractivity (Wildman–Crippen MR) is 57.3 cm³/mol. The van der Waals surface area contributed by atoms with E-state index in [0.717, 1.165) is 44.9 Å². The molecule has 0 unspecified atom stereocenters. The fourth-order valence-corrected chi connectivity index (χ4v) is 1.35. The summed E-state index contributed by atoms with van der Waals surface area (Å²) in [5.74, 6) is 0.718. The van der Waals surface area contributed by atoms with Crippen molar-refractivity contribution in [2.24, 2.45) is 5.92 Å². The lowest BCUT2D eigenvalue weighted by Crippen LogP contribution is -2.37. The third kappa shape index (κ3) is 4.40. The van der Waals surface area contributed by atoms with E-state index in [1.165, 1.54) is 0 Å². The molecule has 1 saturated carbocycles. The van der Waals surface area contributed by atoms with Crippen LogP contribution in [0, 0.1) is 5.92 Å². The molecule has 3 nitrogen and oxygen atoms in total. The van der Waals surface area contributed by atoms with Gasteiger partial charge in [0.25, 0.3) is 0 Å². The maximum Gasteiger partial charge on any atom is 0.0613 e. The van der Waals surface area contributed by atoms with Crippen molar-refractivity contribution in [1.29, 1.82) is 0 Å². The molecule has 0 radical (unpaired) electrons. The Hall–Kier alpha value is -0.120. The van der Waals surface area contributed by atoms with E-state index >= 15 is 0 Å². The van der Waals surface area contributed by atoms with Crippen LogP contribution in [0.2, 0.25) is 0 Å². The highest BCUT2D eigenvalue weighted by molar-refractivity contribution is 5.01. The lowest BCUT2D eigenvalue weighted by atomic mass is 10.1. The highest BCUT2D eigenvalue weighted by atomic mass is 16.5. The molecule has 1 rings (SSSR count). The van der Waals surface area contributed by atoms with Crippen molar-refractivity contribution >= 4 is 0 Å². The molecule has 0 amide bonds. The summed E-state index contributed by atoms with van der Waals surface area (Å²) in [5.41, 5.74) is 0.0570. The van der Waals surface area contributed by atoms with Gasteiger partial charge >= 0.3 is 0 Å². The van der Waals surface area contributed by atoms with E-state index in [1.807, 2.05) is 0 Å². The minimum atomic E-state index is 0.0570.